The number of fused-ring (bicyclic) bond motifs is 2. The average Bonchev–Trinajstić information content (AvgIpc) is 3.51. The first-order valence-corrected chi connectivity index (χ1v) is 12.8. The number of carbonyl (C=O) groups excluding carboxylic acids is 1. The minimum atomic E-state index is -0.854. The van der Waals surface area contributed by atoms with Gasteiger partial charge in [-0.3, -0.25) is 0 Å². The SMILES string of the molecule is CCOC(=O)c1cnn2c([C@H]3O[C@@H]4OC(C)(C)O[C@@H]4[C@H]3OCc3ccccc3)c(C#N)c(SC)nc12. The summed E-state index contributed by atoms with van der Waals surface area (Å²) in [6.07, 6.45) is 0.549. The molecular formula is C25H26N4O6S. The molecule has 10 nitrogen and oxygen atoms in total. The quantitative estimate of drug-likeness (QED) is 0.265. The molecule has 1 aromatic carbocycles. The Morgan fingerprint density at radius 1 is 1.28 bits per heavy atom. The summed E-state index contributed by atoms with van der Waals surface area (Å²) in [5.74, 6) is -1.40. The van der Waals surface area contributed by atoms with Gasteiger partial charge in [-0.15, -0.1) is 11.8 Å². The Hall–Kier alpha value is -3.01. The smallest absolute Gasteiger partial charge is 0.343 e. The molecule has 4 heterocycles. The summed E-state index contributed by atoms with van der Waals surface area (Å²) in [5, 5.41) is 15.0. The van der Waals surface area contributed by atoms with Gasteiger partial charge in [-0.05, 0) is 32.6 Å². The van der Waals surface area contributed by atoms with E-state index in [2.05, 4.69) is 16.2 Å². The zero-order valence-corrected chi connectivity index (χ0v) is 21.2. The molecule has 0 radical (unpaired) electrons. The fraction of sp³-hybridized carbons (Fsp3) is 0.440. The van der Waals surface area contributed by atoms with Gasteiger partial charge in [0.1, 0.15) is 40.5 Å². The van der Waals surface area contributed by atoms with Crippen molar-refractivity contribution in [1.82, 2.24) is 14.6 Å². The zero-order valence-electron chi connectivity index (χ0n) is 20.3. The highest BCUT2D eigenvalue weighted by molar-refractivity contribution is 7.98. The third-order valence-corrected chi connectivity index (χ3v) is 6.68. The second-order valence-corrected chi connectivity index (χ2v) is 9.59. The van der Waals surface area contributed by atoms with Gasteiger partial charge in [0.15, 0.2) is 17.7 Å². The molecule has 2 aromatic heterocycles. The van der Waals surface area contributed by atoms with Crippen LogP contribution in [0.2, 0.25) is 0 Å². The summed E-state index contributed by atoms with van der Waals surface area (Å²) >= 11 is 1.29. The Bertz CT molecular complexity index is 1320. The van der Waals surface area contributed by atoms with Crippen molar-refractivity contribution in [2.75, 3.05) is 12.9 Å². The number of hydrogen-bond donors (Lipinski definition) is 0. The van der Waals surface area contributed by atoms with Crippen molar-refractivity contribution >= 4 is 23.4 Å². The van der Waals surface area contributed by atoms with Gasteiger partial charge < -0.3 is 23.7 Å². The Morgan fingerprint density at radius 2 is 2.06 bits per heavy atom. The molecule has 0 spiro atoms. The molecule has 3 aromatic rings. The second kappa shape index (κ2) is 9.80. The molecular weight excluding hydrogens is 484 g/mol. The number of aromatic nitrogens is 3. The number of thioether (sulfide) groups is 1. The number of ether oxygens (including phenoxy) is 5. The summed E-state index contributed by atoms with van der Waals surface area (Å²) in [7, 11) is 0. The van der Waals surface area contributed by atoms with Crippen molar-refractivity contribution in [3.63, 3.8) is 0 Å². The van der Waals surface area contributed by atoms with Crippen molar-refractivity contribution in [3.8, 4) is 6.07 Å². The molecule has 0 bridgehead atoms. The Labute approximate surface area is 212 Å². The zero-order chi connectivity index (χ0) is 25.4. The van der Waals surface area contributed by atoms with Crippen LogP contribution in [0.3, 0.4) is 0 Å². The topological polar surface area (TPSA) is 117 Å². The van der Waals surface area contributed by atoms with E-state index in [0.29, 0.717) is 17.3 Å². The van der Waals surface area contributed by atoms with Gasteiger partial charge in [-0.2, -0.15) is 10.4 Å². The minimum Gasteiger partial charge on any atom is -0.462 e. The predicted molar refractivity (Wildman–Crippen MR) is 128 cm³/mol. The van der Waals surface area contributed by atoms with Crippen LogP contribution in [0.25, 0.3) is 5.65 Å². The molecule has 0 unspecified atom stereocenters. The molecule has 0 amide bonds. The Balaban J connectivity index is 1.61. The van der Waals surface area contributed by atoms with Crippen LogP contribution in [0.15, 0.2) is 41.6 Å². The number of benzene rings is 1. The highest BCUT2D eigenvalue weighted by atomic mass is 32.2. The molecule has 188 valence electrons. The maximum absolute atomic E-state index is 12.6. The van der Waals surface area contributed by atoms with Crippen LogP contribution < -0.4 is 0 Å². The lowest BCUT2D eigenvalue weighted by Gasteiger charge is -2.27. The number of nitrogens with zero attached hydrogens (tertiary/aromatic N) is 4. The molecule has 0 saturated carbocycles. The molecule has 2 aliphatic rings. The first kappa shape index (κ1) is 24.7. The van der Waals surface area contributed by atoms with Crippen molar-refractivity contribution in [2.24, 2.45) is 0 Å². The minimum absolute atomic E-state index is 0.200. The normalized spacial score (nSPS) is 24.5. The molecule has 0 N–H and O–H groups in total. The third kappa shape index (κ3) is 4.36. The van der Waals surface area contributed by atoms with Crippen molar-refractivity contribution in [1.29, 1.82) is 5.26 Å². The molecule has 11 heteroatoms. The van der Waals surface area contributed by atoms with Gasteiger partial charge in [0.25, 0.3) is 0 Å². The maximum Gasteiger partial charge on any atom is 0.343 e. The van der Waals surface area contributed by atoms with Crippen LogP contribution in [-0.2, 0) is 30.3 Å². The van der Waals surface area contributed by atoms with Crippen LogP contribution in [0.5, 0.6) is 0 Å². The first-order valence-electron chi connectivity index (χ1n) is 11.6. The van der Waals surface area contributed by atoms with Gasteiger partial charge in [-0.1, -0.05) is 30.3 Å². The molecule has 4 atom stereocenters. The third-order valence-electron chi connectivity index (χ3n) is 6.00. The molecule has 0 aliphatic carbocycles. The average molecular weight is 511 g/mol. The van der Waals surface area contributed by atoms with E-state index in [9.17, 15) is 10.1 Å². The number of carbonyl (C=O) groups is 1. The fourth-order valence-electron chi connectivity index (χ4n) is 4.51. The molecule has 2 fully saturated rings. The van der Waals surface area contributed by atoms with E-state index in [0.717, 1.165) is 5.56 Å². The standard InChI is InChI=1S/C25H26N4O6S/c1-5-31-23(30)16-12-27-29-17(15(11-26)22(36-4)28-21(16)29)18-19(32-13-14-9-7-6-8-10-14)20-24(33-18)35-25(2,3)34-20/h6-10,12,18-20,24H,5,13H2,1-4H3/t18-,19+,20-,24-/m1/s1. The highest BCUT2D eigenvalue weighted by Crippen LogP contribution is 2.46. The first-order chi connectivity index (χ1) is 17.4. The van der Waals surface area contributed by atoms with E-state index >= 15 is 0 Å². The van der Waals surface area contributed by atoms with Crippen molar-refractivity contribution in [2.45, 2.75) is 62.8 Å². The molecule has 2 aliphatic heterocycles. The molecule has 2 saturated heterocycles. The van der Waals surface area contributed by atoms with E-state index in [1.165, 1.54) is 22.5 Å². The summed E-state index contributed by atoms with van der Waals surface area (Å²) in [6.45, 7) is 5.87. The van der Waals surface area contributed by atoms with Crippen LogP contribution in [0.4, 0.5) is 0 Å². The maximum atomic E-state index is 12.6. The van der Waals surface area contributed by atoms with Crippen LogP contribution >= 0.6 is 11.8 Å². The highest BCUT2D eigenvalue weighted by Gasteiger charge is 2.57. The van der Waals surface area contributed by atoms with Gasteiger partial charge >= 0.3 is 5.97 Å². The van der Waals surface area contributed by atoms with Gasteiger partial charge in [-0.25, -0.2) is 14.3 Å². The van der Waals surface area contributed by atoms with Crippen molar-refractivity contribution in [3.05, 3.63) is 58.9 Å². The van der Waals surface area contributed by atoms with E-state index < -0.39 is 36.4 Å². The van der Waals surface area contributed by atoms with Crippen LogP contribution in [-0.4, -0.2) is 57.7 Å². The van der Waals surface area contributed by atoms with E-state index in [1.807, 2.05) is 50.4 Å². The lowest BCUT2D eigenvalue weighted by atomic mass is 10.0. The van der Waals surface area contributed by atoms with E-state index in [1.54, 1.807) is 6.92 Å². The number of esters is 1. The van der Waals surface area contributed by atoms with Gasteiger partial charge in [0.05, 0.1) is 25.1 Å². The van der Waals surface area contributed by atoms with Gasteiger partial charge in [0.2, 0.25) is 0 Å². The predicted octanol–water partition coefficient (Wildman–Crippen LogP) is 3.63. The molecule has 5 rings (SSSR count). The number of rotatable bonds is 7. The summed E-state index contributed by atoms with van der Waals surface area (Å²) in [5.41, 5.74) is 2.15. The van der Waals surface area contributed by atoms with Crippen LogP contribution in [0.1, 0.15) is 54.1 Å². The van der Waals surface area contributed by atoms with Crippen LogP contribution in [0, 0.1) is 11.3 Å². The van der Waals surface area contributed by atoms with Gasteiger partial charge in [0, 0.05) is 0 Å². The summed E-state index contributed by atoms with van der Waals surface area (Å²) in [4.78, 5) is 17.1. The monoisotopic (exact) mass is 510 g/mol. The Kier molecular flexibility index (Phi) is 6.72. The number of hydrogen-bond acceptors (Lipinski definition) is 10. The lowest BCUT2D eigenvalue weighted by Crippen LogP contribution is -2.34. The largest absolute Gasteiger partial charge is 0.462 e. The summed E-state index contributed by atoms with van der Waals surface area (Å²) < 4.78 is 31.5. The molecule has 36 heavy (non-hydrogen) atoms. The lowest BCUT2D eigenvalue weighted by molar-refractivity contribution is -0.221. The van der Waals surface area contributed by atoms with E-state index in [4.69, 9.17) is 23.7 Å². The fourth-order valence-corrected chi connectivity index (χ4v) is 5.04. The second-order valence-electron chi connectivity index (χ2n) is 8.79. The number of nitriles is 1. The van der Waals surface area contributed by atoms with Crippen molar-refractivity contribution < 1.29 is 28.5 Å². The Morgan fingerprint density at radius 3 is 2.75 bits per heavy atom. The summed E-state index contributed by atoms with van der Waals surface area (Å²) in [6, 6.07) is 12.0. The van der Waals surface area contributed by atoms with E-state index in [-0.39, 0.29) is 23.4 Å².